The summed E-state index contributed by atoms with van der Waals surface area (Å²) in [4.78, 5) is 12.1. The summed E-state index contributed by atoms with van der Waals surface area (Å²) in [7, 11) is 0. The number of aromatic hydroxyl groups is 1. The lowest BCUT2D eigenvalue weighted by molar-refractivity contribution is -0.118. The van der Waals surface area contributed by atoms with E-state index in [1.165, 1.54) is 27.6 Å². The molecular formula is C18H19N5O2S. The first-order valence-corrected chi connectivity index (χ1v) is 9.14. The molecule has 1 amide bonds. The number of amides is 1. The summed E-state index contributed by atoms with van der Waals surface area (Å²) in [5, 5.41) is 24.3. The molecular weight excluding hydrogens is 350 g/mol. The first kappa shape index (κ1) is 17.9. The predicted octanol–water partition coefficient (Wildman–Crippen LogP) is 2.13. The van der Waals surface area contributed by atoms with Crippen molar-refractivity contribution in [3.63, 3.8) is 0 Å². The molecule has 0 radical (unpaired) electrons. The lowest BCUT2D eigenvalue weighted by Gasteiger charge is -2.07. The van der Waals surface area contributed by atoms with Crippen molar-refractivity contribution < 1.29 is 9.90 Å². The van der Waals surface area contributed by atoms with Crippen molar-refractivity contribution in [1.82, 2.24) is 25.5 Å². The Balaban J connectivity index is 1.50. The van der Waals surface area contributed by atoms with E-state index in [0.29, 0.717) is 11.7 Å². The van der Waals surface area contributed by atoms with Gasteiger partial charge in [0.2, 0.25) is 11.1 Å². The monoisotopic (exact) mass is 369 g/mol. The highest BCUT2D eigenvalue weighted by molar-refractivity contribution is 7.99. The molecule has 2 N–H and O–H groups in total. The highest BCUT2D eigenvalue weighted by Gasteiger charge is 2.11. The van der Waals surface area contributed by atoms with Crippen molar-refractivity contribution in [2.24, 2.45) is 0 Å². The van der Waals surface area contributed by atoms with E-state index in [-0.39, 0.29) is 17.4 Å². The fourth-order valence-electron chi connectivity index (χ4n) is 2.43. The Morgan fingerprint density at radius 2 is 1.96 bits per heavy atom. The smallest absolute Gasteiger partial charge is 0.230 e. The molecule has 1 aromatic heterocycles. The van der Waals surface area contributed by atoms with E-state index in [0.717, 1.165) is 12.1 Å². The maximum absolute atomic E-state index is 12.1. The van der Waals surface area contributed by atoms with E-state index in [1.807, 2.05) is 12.1 Å². The number of carbonyl (C=O) groups excluding carboxylic acids is 1. The molecule has 3 aromatic rings. The number of aromatic nitrogens is 4. The number of hydrogen-bond donors (Lipinski definition) is 2. The van der Waals surface area contributed by atoms with Crippen LogP contribution in [0.15, 0.2) is 53.7 Å². The van der Waals surface area contributed by atoms with Gasteiger partial charge in [-0.3, -0.25) is 4.79 Å². The molecule has 8 heteroatoms. The molecule has 0 saturated carbocycles. The standard InChI is InChI=1S/C18H19N5O2S/c1-13-4-2-3-5-14(13)10-11-19-17(25)12-26-18-20-21-22-23(18)15-6-8-16(24)9-7-15/h2-9,24H,10-12H2,1H3,(H,19,25). The Hall–Kier alpha value is -2.87. The molecule has 2 aromatic carbocycles. The van der Waals surface area contributed by atoms with Crippen LogP contribution >= 0.6 is 11.8 Å². The number of benzene rings is 2. The number of thioether (sulfide) groups is 1. The molecule has 0 aliphatic carbocycles. The molecule has 26 heavy (non-hydrogen) atoms. The first-order valence-electron chi connectivity index (χ1n) is 8.15. The van der Waals surface area contributed by atoms with Crippen molar-refractivity contribution in [3.8, 4) is 11.4 Å². The Kier molecular flexibility index (Phi) is 5.85. The topological polar surface area (TPSA) is 92.9 Å². The van der Waals surface area contributed by atoms with Crippen LogP contribution in [0.4, 0.5) is 0 Å². The number of phenolic OH excluding ortho intramolecular Hbond substituents is 1. The van der Waals surface area contributed by atoms with E-state index in [1.54, 1.807) is 24.3 Å². The Labute approximate surface area is 155 Å². The number of rotatable bonds is 7. The Bertz CT molecular complexity index is 879. The Morgan fingerprint density at radius 3 is 2.73 bits per heavy atom. The molecule has 1 heterocycles. The maximum Gasteiger partial charge on any atom is 0.230 e. The fourth-order valence-corrected chi connectivity index (χ4v) is 3.15. The van der Waals surface area contributed by atoms with Gasteiger partial charge in [-0.2, -0.15) is 4.68 Å². The van der Waals surface area contributed by atoms with Crippen LogP contribution in [0.1, 0.15) is 11.1 Å². The number of nitrogens with one attached hydrogen (secondary N) is 1. The number of phenols is 1. The zero-order chi connectivity index (χ0) is 18.4. The van der Waals surface area contributed by atoms with E-state index < -0.39 is 0 Å². The third-order valence-electron chi connectivity index (χ3n) is 3.85. The fraction of sp³-hybridized carbons (Fsp3) is 0.222. The van der Waals surface area contributed by atoms with Gasteiger partial charge in [0.15, 0.2) is 0 Å². The summed E-state index contributed by atoms with van der Waals surface area (Å²) < 4.78 is 1.53. The summed E-state index contributed by atoms with van der Waals surface area (Å²) in [6.45, 7) is 2.66. The largest absolute Gasteiger partial charge is 0.508 e. The SMILES string of the molecule is Cc1ccccc1CCNC(=O)CSc1nnnn1-c1ccc(O)cc1. The van der Waals surface area contributed by atoms with Crippen LogP contribution in [-0.2, 0) is 11.2 Å². The van der Waals surface area contributed by atoms with Crippen LogP contribution in [0.3, 0.4) is 0 Å². The van der Waals surface area contributed by atoms with E-state index in [9.17, 15) is 9.90 Å². The molecule has 0 fully saturated rings. The molecule has 0 bridgehead atoms. The summed E-state index contributed by atoms with van der Waals surface area (Å²) >= 11 is 1.26. The zero-order valence-corrected chi connectivity index (χ0v) is 15.1. The molecule has 0 spiro atoms. The molecule has 3 rings (SSSR count). The van der Waals surface area contributed by atoms with Crippen LogP contribution < -0.4 is 5.32 Å². The van der Waals surface area contributed by atoms with Crippen LogP contribution in [-0.4, -0.2) is 43.5 Å². The first-order chi connectivity index (χ1) is 12.6. The second-order valence-electron chi connectivity index (χ2n) is 5.70. The van der Waals surface area contributed by atoms with Crippen molar-refractivity contribution in [3.05, 3.63) is 59.7 Å². The van der Waals surface area contributed by atoms with Gasteiger partial charge in [-0.05, 0) is 59.2 Å². The van der Waals surface area contributed by atoms with Gasteiger partial charge in [0, 0.05) is 6.54 Å². The molecule has 0 aliphatic rings. The minimum absolute atomic E-state index is 0.0659. The van der Waals surface area contributed by atoms with E-state index in [2.05, 4.69) is 39.9 Å². The van der Waals surface area contributed by atoms with Crippen LogP contribution in [0.5, 0.6) is 5.75 Å². The molecule has 0 aliphatic heterocycles. The van der Waals surface area contributed by atoms with Crippen molar-refractivity contribution in [2.75, 3.05) is 12.3 Å². The summed E-state index contributed by atoms with van der Waals surface area (Å²) in [6, 6.07) is 14.7. The van der Waals surface area contributed by atoms with Crippen LogP contribution in [0.25, 0.3) is 5.69 Å². The number of aryl methyl sites for hydroxylation is 1. The zero-order valence-electron chi connectivity index (χ0n) is 14.3. The van der Waals surface area contributed by atoms with Gasteiger partial charge in [-0.1, -0.05) is 36.0 Å². The number of nitrogens with zero attached hydrogens (tertiary/aromatic N) is 4. The third kappa shape index (κ3) is 4.60. The third-order valence-corrected chi connectivity index (χ3v) is 4.76. The maximum atomic E-state index is 12.1. The summed E-state index contributed by atoms with van der Waals surface area (Å²) in [5.74, 6) is 0.333. The molecule has 0 unspecified atom stereocenters. The van der Waals surface area contributed by atoms with Gasteiger partial charge >= 0.3 is 0 Å². The lowest BCUT2D eigenvalue weighted by Crippen LogP contribution is -2.27. The molecule has 0 atom stereocenters. The highest BCUT2D eigenvalue weighted by Crippen LogP contribution is 2.19. The van der Waals surface area contributed by atoms with Gasteiger partial charge < -0.3 is 10.4 Å². The van der Waals surface area contributed by atoms with Gasteiger partial charge in [-0.15, -0.1) is 5.10 Å². The highest BCUT2D eigenvalue weighted by atomic mass is 32.2. The van der Waals surface area contributed by atoms with Crippen molar-refractivity contribution in [2.45, 2.75) is 18.5 Å². The number of carbonyl (C=O) groups is 1. The number of hydrogen-bond acceptors (Lipinski definition) is 6. The van der Waals surface area contributed by atoms with E-state index in [4.69, 9.17) is 0 Å². The quantitative estimate of drug-likeness (QED) is 0.620. The van der Waals surface area contributed by atoms with Crippen molar-refractivity contribution >= 4 is 17.7 Å². The van der Waals surface area contributed by atoms with Gasteiger partial charge in [0.1, 0.15) is 5.75 Å². The molecule has 0 saturated heterocycles. The summed E-state index contributed by atoms with van der Waals surface area (Å²) in [5.41, 5.74) is 3.18. The second-order valence-corrected chi connectivity index (χ2v) is 6.65. The lowest BCUT2D eigenvalue weighted by atomic mass is 10.1. The van der Waals surface area contributed by atoms with Crippen LogP contribution in [0, 0.1) is 6.92 Å². The van der Waals surface area contributed by atoms with Gasteiger partial charge in [0.05, 0.1) is 11.4 Å². The average molecular weight is 369 g/mol. The van der Waals surface area contributed by atoms with Gasteiger partial charge in [0.25, 0.3) is 0 Å². The van der Waals surface area contributed by atoms with E-state index >= 15 is 0 Å². The normalized spacial score (nSPS) is 10.7. The van der Waals surface area contributed by atoms with Crippen LogP contribution in [0.2, 0.25) is 0 Å². The summed E-state index contributed by atoms with van der Waals surface area (Å²) in [6.07, 6.45) is 0.800. The predicted molar refractivity (Wildman–Crippen MR) is 99.4 cm³/mol. The Morgan fingerprint density at radius 1 is 1.19 bits per heavy atom. The minimum atomic E-state index is -0.0659. The van der Waals surface area contributed by atoms with Gasteiger partial charge in [-0.25, -0.2) is 0 Å². The molecule has 7 nitrogen and oxygen atoms in total. The average Bonchev–Trinajstić information content (AvgIpc) is 3.11. The minimum Gasteiger partial charge on any atom is -0.508 e. The second kappa shape index (κ2) is 8.48. The number of tetrazole rings is 1. The molecule has 134 valence electrons. The van der Waals surface area contributed by atoms with Crippen molar-refractivity contribution in [1.29, 1.82) is 0 Å².